The smallest absolute Gasteiger partial charge is 0.411 e. The second-order valence-corrected chi connectivity index (χ2v) is 9.08. The van der Waals surface area contributed by atoms with Gasteiger partial charge < -0.3 is 9.30 Å². The first-order valence-corrected chi connectivity index (χ1v) is 11.3. The summed E-state index contributed by atoms with van der Waals surface area (Å²) in [7, 11) is 0. The van der Waals surface area contributed by atoms with Crippen LogP contribution in [0, 0.1) is 6.92 Å². The summed E-state index contributed by atoms with van der Waals surface area (Å²) in [6.45, 7) is 3.17. The molecular formula is C21H20N4O2S2. The van der Waals surface area contributed by atoms with E-state index in [-0.39, 0.29) is 6.61 Å². The van der Waals surface area contributed by atoms with Crippen molar-refractivity contribution < 1.29 is 9.53 Å². The van der Waals surface area contributed by atoms with E-state index in [1.165, 1.54) is 12.8 Å². The van der Waals surface area contributed by atoms with Gasteiger partial charge in [-0.2, -0.15) is 0 Å². The lowest BCUT2D eigenvalue weighted by Crippen LogP contribution is -2.13. The molecule has 1 N–H and O–H groups in total. The van der Waals surface area contributed by atoms with Crippen LogP contribution in [0.3, 0.4) is 0 Å². The molecule has 6 nitrogen and oxygen atoms in total. The van der Waals surface area contributed by atoms with Crippen molar-refractivity contribution in [1.29, 1.82) is 0 Å². The summed E-state index contributed by atoms with van der Waals surface area (Å²) in [5, 5.41) is 5.81. The molecule has 0 aliphatic carbocycles. The molecule has 0 saturated heterocycles. The fourth-order valence-electron chi connectivity index (χ4n) is 3.60. The molecule has 0 bridgehead atoms. The van der Waals surface area contributed by atoms with Crippen molar-refractivity contribution in [1.82, 2.24) is 14.5 Å². The molecule has 0 radical (unpaired) electrons. The van der Waals surface area contributed by atoms with E-state index in [1.54, 1.807) is 22.7 Å². The Balaban J connectivity index is 1.25. The maximum absolute atomic E-state index is 12.3. The minimum Gasteiger partial charge on any atom is -0.444 e. The molecule has 4 heterocycles. The van der Waals surface area contributed by atoms with Crippen LogP contribution in [0.15, 0.2) is 35.7 Å². The van der Waals surface area contributed by atoms with E-state index in [0.717, 1.165) is 50.3 Å². The quantitative estimate of drug-likeness (QED) is 0.462. The molecule has 148 valence electrons. The number of imidazole rings is 1. The van der Waals surface area contributed by atoms with Crippen LogP contribution in [-0.4, -0.2) is 20.6 Å². The molecule has 1 aromatic carbocycles. The Hall–Kier alpha value is -2.71. The van der Waals surface area contributed by atoms with Crippen molar-refractivity contribution in [3.8, 4) is 9.88 Å². The molecular weight excluding hydrogens is 404 g/mol. The number of nitrogens with one attached hydrogen (secondary N) is 1. The predicted octanol–water partition coefficient (Wildman–Crippen LogP) is 5.61. The molecule has 1 aliphatic rings. The Morgan fingerprint density at radius 2 is 2.21 bits per heavy atom. The molecule has 0 unspecified atom stereocenters. The van der Waals surface area contributed by atoms with Crippen molar-refractivity contribution >= 4 is 45.5 Å². The topological polar surface area (TPSA) is 69.0 Å². The zero-order chi connectivity index (χ0) is 19.8. The number of benzene rings is 1. The van der Waals surface area contributed by atoms with Gasteiger partial charge in [0.15, 0.2) is 0 Å². The zero-order valence-electron chi connectivity index (χ0n) is 16.0. The van der Waals surface area contributed by atoms with Crippen LogP contribution >= 0.6 is 22.7 Å². The van der Waals surface area contributed by atoms with Crippen LogP contribution in [0.2, 0.25) is 0 Å². The molecule has 4 aromatic rings. The third-order valence-corrected chi connectivity index (χ3v) is 7.23. The monoisotopic (exact) mass is 424 g/mol. The number of aryl methyl sites for hydroxylation is 3. The molecule has 1 amide bonds. The Labute approximate surface area is 176 Å². The number of carbonyl (C=O) groups is 1. The van der Waals surface area contributed by atoms with Crippen LogP contribution in [0.4, 0.5) is 10.5 Å². The fourth-order valence-corrected chi connectivity index (χ4v) is 5.38. The van der Waals surface area contributed by atoms with Crippen molar-refractivity contribution in [3.05, 3.63) is 52.1 Å². The third-order valence-electron chi connectivity index (χ3n) is 5.06. The summed E-state index contributed by atoms with van der Waals surface area (Å²) in [5.41, 5.74) is 3.63. The van der Waals surface area contributed by atoms with Gasteiger partial charge in [0.05, 0.1) is 26.5 Å². The normalized spacial score (nSPS) is 13.4. The zero-order valence-corrected chi connectivity index (χ0v) is 17.6. The summed E-state index contributed by atoms with van der Waals surface area (Å²) >= 11 is 3.22. The number of amides is 1. The molecule has 1 aliphatic heterocycles. The predicted molar refractivity (Wildman–Crippen MR) is 117 cm³/mol. The summed E-state index contributed by atoms with van der Waals surface area (Å²) in [5.74, 6) is 1.13. The van der Waals surface area contributed by atoms with Crippen molar-refractivity contribution in [3.63, 3.8) is 0 Å². The minimum atomic E-state index is -0.473. The summed E-state index contributed by atoms with van der Waals surface area (Å²) in [4.78, 5) is 23.7. The fraction of sp³-hybridized carbons (Fsp3) is 0.286. The van der Waals surface area contributed by atoms with E-state index in [1.807, 2.05) is 42.6 Å². The van der Waals surface area contributed by atoms with Gasteiger partial charge >= 0.3 is 6.09 Å². The van der Waals surface area contributed by atoms with E-state index < -0.39 is 6.09 Å². The molecule has 0 atom stereocenters. The first kappa shape index (κ1) is 18.3. The highest BCUT2D eigenvalue weighted by molar-refractivity contribution is 7.21. The maximum atomic E-state index is 12.3. The number of nitrogens with zero attached hydrogens (tertiary/aromatic N) is 3. The van der Waals surface area contributed by atoms with E-state index in [0.29, 0.717) is 5.69 Å². The van der Waals surface area contributed by atoms with E-state index in [9.17, 15) is 4.79 Å². The minimum absolute atomic E-state index is 0.210. The number of thiophene rings is 1. The lowest BCUT2D eigenvalue weighted by molar-refractivity contribution is 0.156. The number of carbonyl (C=O) groups excluding carboxylic acids is 1. The summed E-state index contributed by atoms with van der Waals surface area (Å²) < 4.78 is 7.71. The number of hydrogen-bond donors (Lipinski definition) is 1. The van der Waals surface area contributed by atoms with Gasteiger partial charge in [-0.1, -0.05) is 6.07 Å². The summed E-state index contributed by atoms with van der Waals surface area (Å²) in [6.07, 6.45) is 2.92. The number of fused-ring (bicyclic) bond motifs is 3. The number of hydrogen-bond acceptors (Lipinski definition) is 6. The molecule has 0 spiro atoms. The Morgan fingerprint density at radius 1 is 1.28 bits per heavy atom. The molecule has 0 fully saturated rings. The van der Waals surface area contributed by atoms with Gasteiger partial charge in [0.25, 0.3) is 0 Å². The highest BCUT2D eigenvalue weighted by Gasteiger charge is 2.16. The summed E-state index contributed by atoms with van der Waals surface area (Å²) in [6, 6.07) is 9.89. The number of aromatic nitrogens is 3. The van der Waals surface area contributed by atoms with Crippen molar-refractivity contribution in [2.24, 2.45) is 0 Å². The first-order chi connectivity index (χ1) is 14.2. The molecule has 8 heteroatoms. The first-order valence-electron chi connectivity index (χ1n) is 9.60. The van der Waals surface area contributed by atoms with Gasteiger partial charge in [-0.3, -0.25) is 5.32 Å². The van der Waals surface area contributed by atoms with E-state index in [4.69, 9.17) is 9.72 Å². The van der Waals surface area contributed by atoms with E-state index >= 15 is 0 Å². The number of thiazole rings is 1. The Kier molecular flexibility index (Phi) is 4.81. The van der Waals surface area contributed by atoms with Gasteiger partial charge in [-0.15, -0.1) is 22.7 Å². The largest absolute Gasteiger partial charge is 0.444 e. The lowest BCUT2D eigenvalue weighted by atomic mass is 10.2. The lowest BCUT2D eigenvalue weighted by Gasteiger charge is -2.13. The highest BCUT2D eigenvalue weighted by Crippen LogP contribution is 2.31. The van der Waals surface area contributed by atoms with E-state index in [2.05, 4.69) is 14.9 Å². The van der Waals surface area contributed by atoms with Crippen LogP contribution in [0.25, 0.3) is 20.9 Å². The Bertz CT molecular complexity index is 1180. The molecule has 29 heavy (non-hydrogen) atoms. The van der Waals surface area contributed by atoms with Gasteiger partial charge in [0, 0.05) is 18.7 Å². The average molecular weight is 425 g/mol. The average Bonchev–Trinajstić information content (AvgIpc) is 3.44. The maximum Gasteiger partial charge on any atom is 0.411 e. The van der Waals surface area contributed by atoms with Gasteiger partial charge in [0.2, 0.25) is 0 Å². The standard InChI is InChI=1S/C21H20N4O2S2/c1-13-18(29-20(22-13)17-5-4-10-28-17)12-27-21(26)23-14-7-8-16-15(11-14)24-19-6-2-3-9-25(16)19/h4-5,7-8,10-11H,2-3,6,9,12H2,1H3,(H,23,26). The van der Waals surface area contributed by atoms with Gasteiger partial charge in [-0.25, -0.2) is 14.8 Å². The number of ether oxygens (including phenoxy) is 1. The van der Waals surface area contributed by atoms with Gasteiger partial charge in [-0.05, 0) is 49.4 Å². The van der Waals surface area contributed by atoms with Crippen LogP contribution in [-0.2, 0) is 24.3 Å². The number of rotatable bonds is 4. The van der Waals surface area contributed by atoms with Crippen molar-refractivity contribution in [2.45, 2.75) is 39.3 Å². The molecule has 0 saturated carbocycles. The van der Waals surface area contributed by atoms with Crippen molar-refractivity contribution in [2.75, 3.05) is 5.32 Å². The molecule has 3 aromatic heterocycles. The number of anilines is 1. The Morgan fingerprint density at radius 3 is 3.07 bits per heavy atom. The highest BCUT2D eigenvalue weighted by atomic mass is 32.1. The van der Waals surface area contributed by atoms with Crippen LogP contribution in [0.5, 0.6) is 0 Å². The van der Waals surface area contributed by atoms with Gasteiger partial charge in [0.1, 0.15) is 17.4 Å². The second kappa shape index (κ2) is 7.61. The second-order valence-electron chi connectivity index (χ2n) is 7.05. The van der Waals surface area contributed by atoms with Crippen LogP contribution < -0.4 is 5.32 Å². The van der Waals surface area contributed by atoms with Crippen LogP contribution in [0.1, 0.15) is 29.2 Å². The SMILES string of the molecule is Cc1nc(-c2cccs2)sc1COC(=O)Nc1ccc2c(c1)nc1n2CCCC1. The third kappa shape index (κ3) is 3.65. The molecule has 5 rings (SSSR count).